The number of carboxylic acid groups (broad SMARTS) is 1. The Hall–Kier alpha value is -1.40. The number of carboxylic acids is 1. The van der Waals surface area contributed by atoms with Crippen LogP contribution in [0.2, 0.25) is 0 Å². The molecule has 0 spiro atoms. The van der Waals surface area contributed by atoms with Crippen LogP contribution in [0.15, 0.2) is 0 Å². The van der Waals surface area contributed by atoms with Crippen LogP contribution in [0.3, 0.4) is 0 Å². The molecule has 1 aliphatic rings. The first kappa shape index (κ1) is 16.7. The molecule has 1 aliphatic heterocycles. The van der Waals surface area contributed by atoms with Gasteiger partial charge in [0.2, 0.25) is 0 Å². The number of carbonyl (C=O) groups is 2. The molecule has 1 fully saturated rings. The monoisotopic (exact) mass is 293 g/mol. The van der Waals surface area contributed by atoms with E-state index in [1.54, 1.807) is 20.8 Å². The molecule has 116 valence electrons. The van der Waals surface area contributed by atoms with Crippen LogP contribution in [0.4, 0.5) is 13.6 Å². The lowest BCUT2D eigenvalue weighted by molar-refractivity contribution is -0.184. The van der Waals surface area contributed by atoms with Gasteiger partial charge in [-0.2, -0.15) is 0 Å². The highest BCUT2D eigenvalue weighted by Gasteiger charge is 2.58. The first-order chi connectivity index (χ1) is 8.89. The number of piperidine rings is 1. The van der Waals surface area contributed by atoms with E-state index in [4.69, 9.17) is 4.74 Å². The fourth-order valence-corrected chi connectivity index (χ4v) is 2.26. The van der Waals surface area contributed by atoms with Crippen LogP contribution in [0.5, 0.6) is 0 Å². The van der Waals surface area contributed by atoms with Crippen LogP contribution in [0.1, 0.15) is 40.5 Å². The van der Waals surface area contributed by atoms with E-state index in [-0.39, 0.29) is 19.4 Å². The first-order valence-electron chi connectivity index (χ1n) is 6.48. The maximum atomic E-state index is 13.7. The van der Waals surface area contributed by atoms with E-state index in [0.29, 0.717) is 6.92 Å². The zero-order chi connectivity index (χ0) is 15.8. The van der Waals surface area contributed by atoms with E-state index in [0.717, 1.165) is 4.90 Å². The lowest BCUT2D eigenvalue weighted by atomic mass is 9.75. The Labute approximate surface area is 116 Å². The Bertz CT molecular complexity index is 400. The molecular formula is C13H21F2NO4. The highest BCUT2D eigenvalue weighted by Crippen LogP contribution is 2.44. The molecule has 0 bridgehead atoms. The minimum Gasteiger partial charge on any atom is -0.481 e. The summed E-state index contributed by atoms with van der Waals surface area (Å²) in [4.78, 5) is 24.3. The number of alkyl halides is 2. The van der Waals surface area contributed by atoms with Crippen molar-refractivity contribution in [3.63, 3.8) is 0 Å². The fraction of sp³-hybridized carbons (Fsp3) is 0.846. The molecule has 1 amide bonds. The van der Waals surface area contributed by atoms with Gasteiger partial charge >= 0.3 is 12.1 Å². The summed E-state index contributed by atoms with van der Waals surface area (Å²) in [6, 6.07) is 0. The summed E-state index contributed by atoms with van der Waals surface area (Å²) >= 11 is 0. The number of amides is 1. The van der Waals surface area contributed by atoms with Crippen molar-refractivity contribution < 1.29 is 28.2 Å². The molecule has 1 saturated heterocycles. The third-order valence-electron chi connectivity index (χ3n) is 3.39. The molecule has 1 atom stereocenters. The van der Waals surface area contributed by atoms with Gasteiger partial charge in [-0.1, -0.05) is 0 Å². The van der Waals surface area contributed by atoms with Gasteiger partial charge in [0, 0.05) is 20.0 Å². The predicted molar refractivity (Wildman–Crippen MR) is 67.7 cm³/mol. The second-order valence-corrected chi connectivity index (χ2v) is 6.28. The lowest BCUT2D eigenvalue weighted by Gasteiger charge is -2.42. The van der Waals surface area contributed by atoms with Crippen LogP contribution in [0.25, 0.3) is 0 Å². The molecule has 1 unspecified atom stereocenters. The van der Waals surface area contributed by atoms with E-state index in [9.17, 15) is 23.5 Å². The summed E-state index contributed by atoms with van der Waals surface area (Å²) in [7, 11) is 0. The zero-order valence-electron chi connectivity index (χ0n) is 12.2. The first-order valence-corrected chi connectivity index (χ1v) is 6.48. The summed E-state index contributed by atoms with van der Waals surface area (Å²) in [6.45, 7) is 5.25. The molecule has 20 heavy (non-hydrogen) atoms. The van der Waals surface area contributed by atoms with Crippen molar-refractivity contribution in [2.24, 2.45) is 5.41 Å². The Morgan fingerprint density at radius 1 is 1.25 bits per heavy atom. The van der Waals surface area contributed by atoms with E-state index in [1.165, 1.54) is 0 Å². The smallest absolute Gasteiger partial charge is 0.410 e. The number of aliphatic carboxylic acids is 1. The van der Waals surface area contributed by atoms with Crippen molar-refractivity contribution in [1.82, 2.24) is 4.90 Å². The summed E-state index contributed by atoms with van der Waals surface area (Å²) in [6.07, 6.45) is -0.716. The van der Waals surface area contributed by atoms with E-state index in [1.807, 2.05) is 0 Å². The predicted octanol–water partition coefficient (Wildman–Crippen LogP) is 2.74. The van der Waals surface area contributed by atoms with Crippen LogP contribution >= 0.6 is 0 Å². The largest absolute Gasteiger partial charge is 0.481 e. The minimum atomic E-state index is -3.42. The Balaban J connectivity index is 2.95. The molecule has 5 nitrogen and oxygen atoms in total. The number of likely N-dealkylation sites (tertiary alicyclic amines) is 1. The molecule has 1 N–H and O–H groups in total. The van der Waals surface area contributed by atoms with Crippen molar-refractivity contribution in [2.75, 3.05) is 13.1 Å². The maximum Gasteiger partial charge on any atom is 0.410 e. The SMILES string of the molecule is CC(C)(C)OC(=O)N1CCCC(C(=O)O)(C(C)(F)F)C1. The zero-order valence-corrected chi connectivity index (χ0v) is 12.2. The van der Waals surface area contributed by atoms with Gasteiger partial charge in [-0.15, -0.1) is 0 Å². The maximum absolute atomic E-state index is 13.7. The molecule has 0 aliphatic carbocycles. The molecular weight excluding hydrogens is 272 g/mol. The van der Waals surface area contributed by atoms with E-state index < -0.39 is 35.5 Å². The number of hydrogen-bond donors (Lipinski definition) is 1. The number of nitrogens with zero attached hydrogens (tertiary/aromatic N) is 1. The average Bonchev–Trinajstić information content (AvgIpc) is 2.25. The molecule has 1 rings (SSSR count). The molecule has 7 heteroatoms. The topological polar surface area (TPSA) is 66.8 Å². The number of hydrogen-bond acceptors (Lipinski definition) is 3. The van der Waals surface area contributed by atoms with Gasteiger partial charge in [-0.25, -0.2) is 13.6 Å². The molecule has 0 saturated carbocycles. The van der Waals surface area contributed by atoms with Crippen molar-refractivity contribution >= 4 is 12.1 Å². The quantitative estimate of drug-likeness (QED) is 0.850. The van der Waals surface area contributed by atoms with Crippen LogP contribution < -0.4 is 0 Å². The summed E-state index contributed by atoms with van der Waals surface area (Å²) < 4.78 is 32.6. The van der Waals surface area contributed by atoms with Gasteiger partial charge in [0.1, 0.15) is 11.0 Å². The van der Waals surface area contributed by atoms with E-state index in [2.05, 4.69) is 0 Å². The van der Waals surface area contributed by atoms with Gasteiger partial charge in [0.15, 0.2) is 0 Å². The van der Waals surface area contributed by atoms with Crippen molar-refractivity contribution in [3.8, 4) is 0 Å². The highest BCUT2D eigenvalue weighted by atomic mass is 19.3. The standard InChI is InChI=1S/C13H21F2NO4/c1-11(2,3)20-10(19)16-7-5-6-13(8-16,9(17)18)12(4,14)15/h5-8H2,1-4H3,(H,17,18). The van der Waals surface area contributed by atoms with Crippen molar-refractivity contribution in [2.45, 2.75) is 52.1 Å². The fourth-order valence-electron chi connectivity index (χ4n) is 2.26. The third kappa shape index (κ3) is 3.37. The van der Waals surface area contributed by atoms with Gasteiger partial charge in [-0.05, 0) is 33.6 Å². The van der Waals surface area contributed by atoms with Gasteiger partial charge < -0.3 is 14.7 Å². The normalized spacial score (nSPS) is 24.4. The Morgan fingerprint density at radius 2 is 1.80 bits per heavy atom. The molecule has 1 heterocycles. The number of rotatable bonds is 2. The minimum absolute atomic E-state index is 0.162. The van der Waals surface area contributed by atoms with Crippen LogP contribution in [-0.4, -0.2) is 46.7 Å². The lowest BCUT2D eigenvalue weighted by Crippen LogP contribution is -2.58. The van der Waals surface area contributed by atoms with E-state index >= 15 is 0 Å². The van der Waals surface area contributed by atoms with Crippen LogP contribution in [-0.2, 0) is 9.53 Å². The average molecular weight is 293 g/mol. The second-order valence-electron chi connectivity index (χ2n) is 6.28. The Morgan fingerprint density at radius 3 is 2.20 bits per heavy atom. The van der Waals surface area contributed by atoms with Gasteiger partial charge in [-0.3, -0.25) is 4.79 Å². The molecule has 0 aromatic carbocycles. The number of carbonyl (C=O) groups excluding carboxylic acids is 1. The summed E-state index contributed by atoms with van der Waals surface area (Å²) in [5.74, 6) is -5.00. The second kappa shape index (κ2) is 5.18. The molecule has 0 radical (unpaired) electrons. The highest BCUT2D eigenvalue weighted by molar-refractivity contribution is 5.78. The van der Waals surface area contributed by atoms with Crippen molar-refractivity contribution in [3.05, 3.63) is 0 Å². The third-order valence-corrected chi connectivity index (χ3v) is 3.39. The molecule has 0 aromatic rings. The summed E-state index contributed by atoms with van der Waals surface area (Å²) in [5, 5.41) is 9.20. The van der Waals surface area contributed by atoms with Crippen LogP contribution in [0, 0.1) is 5.41 Å². The molecule has 0 aromatic heterocycles. The van der Waals surface area contributed by atoms with Crippen molar-refractivity contribution in [1.29, 1.82) is 0 Å². The van der Waals surface area contributed by atoms with Gasteiger partial charge in [0.05, 0.1) is 0 Å². The Kier molecular flexibility index (Phi) is 4.31. The van der Waals surface area contributed by atoms with Gasteiger partial charge in [0.25, 0.3) is 5.92 Å². The summed E-state index contributed by atoms with van der Waals surface area (Å²) in [5.41, 5.74) is -3.00. The number of halogens is 2. The number of ether oxygens (including phenoxy) is 1.